The second-order valence-electron chi connectivity index (χ2n) is 5.04. The van der Waals surface area contributed by atoms with Crippen molar-refractivity contribution in [1.82, 2.24) is 9.97 Å². The number of nitrogens with zero attached hydrogens (tertiary/aromatic N) is 3. The fourth-order valence-electron chi connectivity index (χ4n) is 2.27. The SMILES string of the molecule is CN(CC1CCCOC1)c1cc(C(F)(F)F)nc(NN)n1. The normalized spacial score (nSPS) is 19.4. The summed E-state index contributed by atoms with van der Waals surface area (Å²) in [5.41, 5.74) is 1.04. The molecule has 1 aliphatic rings. The third kappa shape index (κ3) is 4.18. The van der Waals surface area contributed by atoms with Crippen molar-refractivity contribution in [2.45, 2.75) is 19.0 Å². The minimum atomic E-state index is -4.54. The Bertz CT molecular complexity index is 476. The number of alkyl halides is 3. The molecule has 1 fully saturated rings. The predicted octanol–water partition coefficient (Wildman–Crippen LogP) is 1.64. The molecule has 2 rings (SSSR count). The van der Waals surface area contributed by atoms with E-state index in [0.717, 1.165) is 25.5 Å². The molecule has 21 heavy (non-hydrogen) atoms. The summed E-state index contributed by atoms with van der Waals surface area (Å²) in [5.74, 6) is 5.33. The number of hydrogen-bond donors (Lipinski definition) is 2. The number of aromatic nitrogens is 2. The van der Waals surface area contributed by atoms with Gasteiger partial charge in [0.05, 0.1) is 6.61 Å². The van der Waals surface area contributed by atoms with Gasteiger partial charge in [0.15, 0.2) is 5.69 Å². The van der Waals surface area contributed by atoms with Crippen molar-refractivity contribution >= 4 is 11.8 Å². The highest BCUT2D eigenvalue weighted by Gasteiger charge is 2.34. The fourth-order valence-corrected chi connectivity index (χ4v) is 2.27. The van der Waals surface area contributed by atoms with Gasteiger partial charge in [0, 0.05) is 26.3 Å². The Balaban J connectivity index is 2.17. The standard InChI is InChI=1S/C12H18F3N5O/c1-20(6-8-3-2-4-21-7-8)10-5-9(12(13,14)15)17-11(18-10)19-16/h5,8H,2-4,6-7,16H2,1H3,(H,17,18,19). The van der Waals surface area contributed by atoms with Crippen molar-refractivity contribution in [3.05, 3.63) is 11.8 Å². The van der Waals surface area contributed by atoms with Gasteiger partial charge in [-0.2, -0.15) is 18.2 Å². The van der Waals surface area contributed by atoms with Crippen LogP contribution >= 0.6 is 0 Å². The minimum absolute atomic E-state index is 0.177. The van der Waals surface area contributed by atoms with Gasteiger partial charge in [-0.1, -0.05) is 0 Å². The van der Waals surface area contributed by atoms with E-state index in [1.54, 1.807) is 11.9 Å². The van der Waals surface area contributed by atoms with Gasteiger partial charge in [-0.05, 0) is 18.8 Å². The Morgan fingerprint density at radius 2 is 2.24 bits per heavy atom. The number of nitrogens with two attached hydrogens (primary N) is 1. The van der Waals surface area contributed by atoms with Crippen LogP contribution in [0.5, 0.6) is 0 Å². The first kappa shape index (κ1) is 15.8. The molecule has 2 heterocycles. The zero-order valence-electron chi connectivity index (χ0n) is 11.7. The van der Waals surface area contributed by atoms with E-state index in [2.05, 4.69) is 15.4 Å². The van der Waals surface area contributed by atoms with Crippen LogP contribution in [0.25, 0.3) is 0 Å². The van der Waals surface area contributed by atoms with Gasteiger partial charge in [-0.15, -0.1) is 0 Å². The molecule has 0 amide bonds. The Morgan fingerprint density at radius 1 is 1.48 bits per heavy atom. The van der Waals surface area contributed by atoms with Crippen molar-refractivity contribution in [3.63, 3.8) is 0 Å². The van der Waals surface area contributed by atoms with Crippen LogP contribution < -0.4 is 16.2 Å². The highest BCUT2D eigenvalue weighted by Crippen LogP contribution is 2.30. The molecule has 1 aromatic heterocycles. The van der Waals surface area contributed by atoms with Crippen molar-refractivity contribution < 1.29 is 17.9 Å². The monoisotopic (exact) mass is 305 g/mol. The summed E-state index contributed by atoms with van der Waals surface area (Å²) < 4.78 is 43.8. The van der Waals surface area contributed by atoms with Crippen LogP contribution in [0.15, 0.2) is 6.07 Å². The van der Waals surface area contributed by atoms with Crippen LogP contribution in [0.2, 0.25) is 0 Å². The number of nitrogen functional groups attached to an aromatic ring is 1. The molecule has 1 aliphatic heterocycles. The summed E-state index contributed by atoms with van der Waals surface area (Å²) in [6, 6.07) is 0.921. The van der Waals surface area contributed by atoms with Crippen LogP contribution in [-0.4, -0.2) is 36.8 Å². The molecule has 1 atom stereocenters. The van der Waals surface area contributed by atoms with Crippen molar-refractivity contribution in [2.24, 2.45) is 11.8 Å². The van der Waals surface area contributed by atoms with E-state index in [-0.39, 0.29) is 17.7 Å². The zero-order valence-corrected chi connectivity index (χ0v) is 11.7. The van der Waals surface area contributed by atoms with E-state index in [1.165, 1.54) is 0 Å². The molecule has 0 saturated carbocycles. The van der Waals surface area contributed by atoms with Crippen LogP contribution in [0, 0.1) is 5.92 Å². The molecule has 1 unspecified atom stereocenters. The Morgan fingerprint density at radius 3 is 2.81 bits per heavy atom. The van der Waals surface area contributed by atoms with Crippen molar-refractivity contribution in [1.29, 1.82) is 0 Å². The summed E-state index contributed by atoms with van der Waals surface area (Å²) in [4.78, 5) is 8.96. The number of hydrazine groups is 1. The second-order valence-corrected chi connectivity index (χ2v) is 5.04. The summed E-state index contributed by atoms with van der Waals surface area (Å²) in [6.45, 7) is 1.93. The van der Waals surface area contributed by atoms with E-state index in [9.17, 15) is 13.2 Å². The van der Waals surface area contributed by atoms with E-state index >= 15 is 0 Å². The summed E-state index contributed by atoms with van der Waals surface area (Å²) in [5, 5.41) is 0. The molecule has 0 radical (unpaired) electrons. The summed E-state index contributed by atoms with van der Waals surface area (Å²) in [7, 11) is 1.69. The van der Waals surface area contributed by atoms with Gasteiger partial charge >= 0.3 is 6.18 Å². The predicted molar refractivity (Wildman–Crippen MR) is 71.7 cm³/mol. The molecule has 1 saturated heterocycles. The molecule has 3 N–H and O–H groups in total. The molecule has 9 heteroatoms. The van der Waals surface area contributed by atoms with Gasteiger partial charge in [-0.3, -0.25) is 5.43 Å². The highest BCUT2D eigenvalue weighted by atomic mass is 19.4. The molecular formula is C12H18F3N5O. The molecule has 0 aromatic carbocycles. The number of anilines is 2. The molecule has 6 nitrogen and oxygen atoms in total. The lowest BCUT2D eigenvalue weighted by molar-refractivity contribution is -0.141. The van der Waals surface area contributed by atoms with E-state index < -0.39 is 11.9 Å². The maximum Gasteiger partial charge on any atom is 0.433 e. The van der Waals surface area contributed by atoms with Crippen molar-refractivity contribution in [3.8, 4) is 0 Å². The number of rotatable bonds is 4. The molecule has 0 bridgehead atoms. The first-order valence-corrected chi connectivity index (χ1v) is 6.62. The number of nitrogens with one attached hydrogen (secondary N) is 1. The van der Waals surface area contributed by atoms with Crippen molar-refractivity contribution in [2.75, 3.05) is 37.1 Å². The van der Waals surface area contributed by atoms with E-state index in [0.29, 0.717) is 13.2 Å². The first-order chi connectivity index (χ1) is 9.90. The maximum absolute atomic E-state index is 12.8. The molecule has 0 aliphatic carbocycles. The summed E-state index contributed by atoms with van der Waals surface area (Å²) >= 11 is 0. The van der Waals surface area contributed by atoms with Gasteiger partial charge in [0.2, 0.25) is 5.95 Å². The smallest absolute Gasteiger partial charge is 0.381 e. The van der Waals surface area contributed by atoms with Crippen LogP contribution in [0.1, 0.15) is 18.5 Å². The largest absolute Gasteiger partial charge is 0.433 e. The Labute approximate surface area is 120 Å². The topological polar surface area (TPSA) is 76.3 Å². The lowest BCUT2D eigenvalue weighted by Gasteiger charge is -2.28. The van der Waals surface area contributed by atoms with Gasteiger partial charge in [0.1, 0.15) is 5.82 Å². The number of ether oxygens (including phenoxy) is 1. The number of hydrogen-bond acceptors (Lipinski definition) is 6. The lowest BCUT2D eigenvalue weighted by atomic mass is 10.0. The molecular weight excluding hydrogens is 287 g/mol. The van der Waals surface area contributed by atoms with Gasteiger partial charge in [-0.25, -0.2) is 10.8 Å². The average Bonchev–Trinajstić information content (AvgIpc) is 2.46. The third-order valence-corrected chi connectivity index (χ3v) is 3.31. The maximum atomic E-state index is 12.8. The van der Waals surface area contributed by atoms with Gasteiger partial charge < -0.3 is 9.64 Å². The van der Waals surface area contributed by atoms with Gasteiger partial charge in [0.25, 0.3) is 0 Å². The fraction of sp³-hybridized carbons (Fsp3) is 0.667. The van der Waals surface area contributed by atoms with E-state index in [4.69, 9.17) is 10.6 Å². The van der Waals surface area contributed by atoms with Crippen LogP contribution in [0.4, 0.5) is 24.9 Å². The first-order valence-electron chi connectivity index (χ1n) is 6.62. The summed E-state index contributed by atoms with van der Waals surface area (Å²) in [6.07, 6.45) is -2.59. The molecule has 118 valence electrons. The lowest BCUT2D eigenvalue weighted by Crippen LogP contribution is -2.32. The van der Waals surface area contributed by atoms with Crippen LogP contribution in [0.3, 0.4) is 0 Å². The Hall–Kier alpha value is -1.61. The second kappa shape index (κ2) is 6.44. The zero-order chi connectivity index (χ0) is 15.5. The third-order valence-electron chi connectivity index (χ3n) is 3.31. The highest BCUT2D eigenvalue weighted by molar-refractivity contribution is 5.44. The minimum Gasteiger partial charge on any atom is -0.381 e. The molecule has 0 spiro atoms. The molecule has 1 aromatic rings. The number of halogens is 3. The quantitative estimate of drug-likeness (QED) is 0.650. The average molecular weight is 305 g/mol. The van der Waals surface area contributed by atoms with Crippen LogP contribution in [-0.2, 0) is 10.9 Å². The Kier molecular flexibility index (Phi) is 4.84. The van der Waals surface area contributed by atoms with E-state index in [1.807, 2.05) is 0 Å².